The van der Waals surface area contributed by atoms with Crippen LogP contribution in [0.1, 0.15) is 39.4 Å². The number of carbonyl (C=O) groups excluding carboxylic acids is 2. The van der Waals surface area contributed by atoms with Gasteiger partial charge in [-0.05, 0) is 51.1 Å². The number of H-pyrrole nitrogens is 1. The van der Waals surface area contributed by atoms with Crippen molar-refractivity contribution in [3.63, 3.8) is 0 Å². The molecule has 5 N–H and O–H groups in total. The Morgan fingerprint density at radius 2 is 1.89 bits per heavy atom. The van der Waals surface area contributed by atoms with E-state index < -0.39 is 11.8 Å². The SMILES string of the molecule is Cc1[nH]c(C(=O)Nc2ccc(C(N)=O)cc2OC2CCNCC2)c(Cl)c1Cl.Cl. The Balaban J connectivity index is 0.00000280. The van der Waals surface area contributed by atoms with Gasteiger partial charge in [0.05, 0.1) is 15.7 Å². The molecule has 0 aliphatic carbocycles. The van der Waals surface area contributed by atoms with Gasteiger partial charge in [-0.1, -0.05) is 23.2 Å². The highest BCUT2D eigenvalue weighted by Crippen LogP contribution is 2.32. The summed E-state index contributed by atoms with van der Waals surface area (Å²) in [4.78, 5) is 27.0. The molecule has 0 spiro atoms. The quantitative estimate of drug-likeness (QED) is 0.562. The van der Waals surface area contributed by atoms with Crippen LogP contribution in [0.2, 0.25) is 10.0 Å². The molecule has 0 bridgehead atoms. The van der Waals surface area contributed by atoms with Crippen LogP contribution in [0.15, 0.2) is 18.2 Å². The van der Waals surface area contributed by atoms with Crippen molar-refractivity contribution < 1.29 is 14.3 Å². The molecule has 10 heteroatoms. The molecule has 1 saturated heterocycles. The van der Waals surface area contributed by atoms with E-state index >= 15 is 0 Å². The van der Waals surface area contributed by atoms with Crippen LogP contribution in [-0.4, -0.2) is 36.0 Å². The van der Waals surface area contributed by atoms with Crippen molar-refractivity contribution in [1.82, 2.24) is 10.3 Å². The van der Waals surface area contributed by atoms with Gasteiger partial charge in [0.1, 0.15) is 17.5 Å². The molecule has 0 radical (unpaired) electrons. The third-order valence-corrected chi connectivity index (χ3v) is 5.32. The normalized spacial score (nSPS) is 14.2. The number of nitrogens with one attached hydrogen (secondary N) is 3. The van der Waals surface area contributed by atoms with E-state index in [1.807, 2.05) is 0 Å². The highest BCUT2D eigenvalue weighted by molar-refractivity contribution is 6.44. The topological polar surface area (TPSA) is 109 Å². The number of aromatic amines is 1. The molecule has 28 heavy (non-hydrogen) atoms. The van der Waals surface area contributed by atoms with Crippen molar-refractivity contribution in [2.75, 3.05) is 18.4 Å². The second kappa shape index (κ2) is 9.52. The number of halogens is 3. The molecule has 2 aromatic rings. The lowest BCUT2D eigenvalue weighted by Crippen LogP contribution is -2.34. The van der Waals surface area contributed by atoms with Crippen LogP contribution in [-0.2, 0) is 0 Å². The number of rotatable bonds is 5. The second-order valence-electron chi connectivity index (χ2n) is 6.35. The van der Waals surface area contributed by atoms with Crippen LogP contribution in [0.3, 0.4) is 0 Å². The smallest absolute Gasteiger partial charge is 0.273 e. The van der Waals surface area contributed by atoms with Crippen LogP contribution in [0.4, 0.5) is 5.69 Å². The van der Waals surface area contributed by atoms with E-state index in [4.69, 9.17) is 33.7 Å². The molecule has 1 aliphatic rings. The lowest BCUT2D eigenvalue weighted by atomic mass is 10.1. The van der Waals surface area contributed by atoms with Gasteiger partial charge in [0.2, 0.25) is 5.91 Å². The van der Waals surface area contributed by atoms with Crippen molar-refractivity contribution in [2.24, 2.45) is 5.73 Å². The van der Waals surface area contributed by atoms with E-state index in [1.54, 1.807) is 13.0 Å². The monoisotopic (exact) mass is 446 g/mol. The fourth-order valence-corrected chi connectivity index (χ4v) is 3.30. The number of ether oxygens (including phenoxy) is 1. The van der Waals surface area contributed by atoms with Crippen molar-refractivity contribution in [3.05, 3.63) is 45.2 Å². The summed E-state index contributed by atoms with van der Waals surface area (Å²) in [5, 5.41) is 6.47. The standard InChI is InChI=1S/C18H20Cl2N4O3.ClH/c1-9-14(19)15(20)16(23-9)18(26)24-12-3-2-10(17(21)25)8-13(12)27-11-4-6-22-7-5-11;/h2-3,8,11,22-23H,4-7H2,1H3,(H2,21,25)(H,24,26);1H. The molecule has 152 valence electrons. The number of piperidine rings is 1. The molecule has 1 aromatic heterocycles. The van der Waals surface area contributed by atoms with Crippen LogP contribution in [0.25, 0.3) is 0 Å². The minimum atomic E-state index is -0.571. The average Bonchev–Trinajstić information content (AvgIpc) is 2.91. The Hall–Kier alpha value is -1.93. The summed E-state index contributed by atoms with van der Waals surface area (Å²) in [6, 6.07) is 4.65. The lowest BCUT2D eigenvalue weighted by Gasteiger charge is -2.25. The van der Waals surface area contributed by atoms with Gasteiger partial charge in [0.25, 0.3) is 5.91 Å². The summed E-state index contributed by atoms with van der Waals surface area (Å²) >= 11 is 12.1. The Morgan fingerprint density at radius 3 is 2.46 bits per heavy atom. The van der Waals surface area contributed by atoms with Gasteiger partial charge >= 0.3 is 0 Å². The highest BCUT2D eigenvalue weighted by atomic mass is 35.5. The van der Waals surface area contributed by atoms with E-state index in [1.165, 1.54) is 12.1 Å². The number of hydrogen-bond acceptors (Lipinski definition) is 4. The first kappa shape index (κ1) is 22.4. The molecule has 2 heterocycles. The van der Waals surface area contributed by atoms with Crippen LogP contribution < -0.4 is 21.1 Å². The van der Waals surface area contributed by atoms with Gasteiger partial charge < -0.3 is 26.1 Å². The zero-order chi connectivity index (χ0) is 19.6. The third-order valence-electron chi connectivity index (χ3n) is 4.38. The Labute approximate surface area is 178 Å². The molecule has 7 nitrogen and oxygen atoms in total. The van der Waals surface area contributed by atoms with E-state index in [2.05, 4.69) is 15.6 Å². The fraction of sp³-hybridized carbons (Fsp3) is 0.333. The molecule has 0 unspecified atom stereocenters. The largest absolute Gasteiger partial charge is 0.488 e. The molecular weight excluding hydrogens is 427 g/mol. The summed E-state index contributed by atoms with van der Waals surface area (Å²) in [7, 11) is 0. The molecular formula is C18H21Cl3N4O3. The fourth-order valence-electron chi connectivity index (χ4n) is 2.88. The maximum absolute atomic E-state index is 12.6. The van der Waals surface area contributed by atoms with E-state index in [0.717, 1.165) is 25.9 Å². The molecule has 1 fully saturated rings. The van der Waals surface area contributed by atoms with Gasteiger partial charge in [0, 0.05) is 11.3 Å². The summed E-state index contributed by atoms with van der Waals surface area (Å²) in [5.41, 5.74) is 6.85. The van der Waals surface area contributed by atoms with Crippen molar-refractivity contribution in [1.29, 1.82) is 0 Å². The maximum Gasteiger partial charge on any atom is 0.273 e. The Bertz CT molecular complexity index is 879. The number of anilines is 1. The summed E-state index contributed by atoms with van der Waals surface area (Å²) in [6.45, 7) is 3.41. The number of benzene rings is 1. The number of carbonyl (C=O) groups is 2. The number of primary amides is 1. The summed E-state index contributed by atoms with van der Waals surface area (Å²) in [5.74, 6) is -0.646. The molecule has 1 aliphatic heterocycles. The predicted octanol–water partition coefficient (Wildman–Crippen LogP) is 3.53. The van der Waals surface area contributed by atoms with Gasteiger partial charge in [0.15, 0.2) is 0 Å². The predicted molar refractivity (Wildman–Crippen MR) is 112 cm³/mol. The van der Waals surface area contributed by atoms with E-state index in [-0.39, 0.29) is 29.2 Å². The summed E-state index contributed by atoms with van der Waals surface area (Å²) < 4.78 is 6.04. The van der Waals surface area contributed by atoms with Crippen molar-refractivity contribution in [2.45, 2.75) is 25.9 Å². The minimum absolute atomic E-state index is 0. The van der Waals surface area contributed by atoms with Crippen molar-refractivity contribution >= 4 is 53.1 Å². The maximum atomic E-state index is 12.6. The molecule has 2 amide bonds. The second-order valence-corrected chi connectivity index (χ2v) is 7.11. The zero-order valence-corrected chi connectivity index (χ0v) is 17.4. The molecule has 1 aromatic carbocycles. The molecule has 3 rings (SSSR count). The first-order valence-electron chi connectivity index (χ1n) is 8.53. The van der Waals surface area contributed by atoms with E-state index in [0.29, 0.717) is 27.7 Å². The van der Waals surface area contributed by atoms with Gasteiger partial charge in [-0.15, -0.1) is 12.4 Å². The minimum Gasteiger partial charge on any atom is -0.488 e. The third kappa shape index (κ3) is 4.91. The van der Waals surface area contributed by atoms with E-state index in [9.17, 15) is 9.59 Å². The number of aromatic nitrogens is 1. The van der Waals surface area contributed by atoms with Crippen molar-refractivity contribution in [3.8, 4) is 5.75 Å². The van der Waals surface area contributed by atoms with Gasteiger partial charge in [-0.3, -0.25) is 9.59 Å². The molecule has 0 saturated carbocycles. The Kier molecular flexibility index (Phi) is 7.60. The van der Waals surface area contributed by atoms with Gasteiger partial charge in [-0.25, -0.2) is 0 Å². The van der Waals surface area contributed by atoms with Crippen LogP contribution in [0.5, 0.6) is 5.75 Å². The number of hydrogen-bond donors (Lipinski definition) is 4. The zero-order valence-electron chi connectivity index (χ0n) is 15.1. The summed E-state index contributed by atoms with van der Waals surface area (Å²) in [6.07, 6.45) is 1.63. The first-order valence-corrected chi connectivity index (χ1v) is 9.28. The number of nitrogens with two attached hydrogens (primary N) is 1. The van der Waals surface area contributed by atoms with Crippen LogP contribution >= 0.6 is 35.6 Å². The van der Waals surface area contributed by atoms with Crippen LogP contribution in [0, 0.1) is 6.92 Å². The number of aryl methyl sites for hydroxylation is 1. The lowest BCUT2D eigenvalue weighted by molar-refractivity contribution is 0.0997. The van der Waals surface area contributed by atoms with Gasteiger partial charge in [-0.2, -0.15) is 0 Å². The Morgan fingerprint density at radius 1 is 1.21 bits per heavy atom. The highest BCUT2D eigenvalue weighted by Gasteiger charge is 2.21. The number of amides is 2. The molecule has 0 atom stereocenters. The first-order chi connectivity index (χ1) is 12.9. The average molecular weight is 448 g/mol.